The highest BCUT2D eigenvalue weighted by Gasteiger charge is 1.95. The van der Waals surface area contributed by atoms with Gasteiger partial charge in [-0.3, -0.25) is 0 Å². The standard InChI is InChI=1S/C13H18O2/c1-2-13(14)9-6-10-15-11-12-7-4-3-5-8-12/h3-8,10,13-14H,2,9,11H2,1H3/t13-/m0/s1. The topological polar surface area (TPSA) is 29.5 Å². The molecule has 0 spiro atoms. The second-order valence-electron chi connectivity index (χ2n) is 3.47. The third kappa shape index (κ3) is 5.23. The van der Waals surface area contributed by atoms with Crippen LogP contribution in [-0.4, -0.2) is 11.2 Å². The maximum Gasteiger partial charge on any atom is 0.112 e. The minimum absolute atomic E-state index is 0.249. The third-order valence-electron chi connectivity index (χ3n) is 2.16. The average Bonchev–Trinajstić information content (AvgIpc) is 2.29. The van der Waals surface area contributed by atoms with Gasteiger partial charge in [-0.05, 0) is 24.5 Å². The molecule has 0 amide bonds. The van der Waals surface area contributed by atoms with Gasteiger partial charge in [-0.1, -0.05) is 37.3 Å². The van der Waals surface area contributed by atoms with Crippen molar-refractivity contribution in [1.82, 2.24) is 0 Å². The molecule has 0 aliphatic carbocycles. The van der Waals surface area contributed by atoms with Crippen molar-refractivity contribution in [2.24, 2.45) is 0 Å². The smallest absolute Gasteiger partial charge is 0.112 e. The van der Waals surface area contributed by atoms with Gasteiger partial charge in [-0.2, -0.15) is 0 Å². The summed E-state index contributed by atoms with van der Waals surface area (Å²) >= 11 is 0. The minimum Gasteiger partial charge on any atom is -0.497 e. The summed E-state index contributed by atoms with van der Waals surface area (Å²) < 4.78 is 5.32. The molecule has 0 bridgehead atoms. The molecule has 0 aromatic heterocycles. The van der Waals surface area contributed by atoms with Crippen LogP contribution in [0.15, 0.2) is 42.7 Å². The summed E-state index contributed by atoms with van der Waals surface area (Å²) in [5, 5.41) is 9.27. The lowest BCUT2D eigenvalue weighted by Crippen LogP contribution is -2.01. The van der Waals surface area contributed by atoms with Gasteiger partial charge in [0.25, 0.3) is 0 Å². The van der Waals surface area contributed by atoms with E-state index in [0.29, 0.717) is 13.0 Å². The summed E-state index contributed by atoms with van der Waals surface area (Å²) in [6.07, 6.45) is 4.71. The van der Waals surface area contributed by atoms with Crippen LogP contribution in [-0.2, 0) is 11.3 Å². The van der Waals surface area contributed by atoms with Gasteiger partial charge in [0.15, 0.2) is 0 Å². The highest BCUT2D eigenvalue weighted by molar-refractivity contribution is 5.13. The monoisotopic (exact) mass is 206 g/mol. The summed E-state index contributed by atoms with van der Waals surface area (Å²) in [5.41, 5.74) is 1.15. The molecule has 0 aliphatic heterocycles. The highest BCUT2D eigenvalue weighted by Crippen LogP contribution is 2.02. The van der Waals surface area contributed by atoms with Crippen molar-refractivity contribution < 1.29 is 9.84 Å². The summed E-state index contributed by atoms with van der Waals surface area (Å²) in [6, 6.07) is 10.0. The van der Waals surface area contributed by atoms with E-state index >= 15 is 0 Å². The molecule has 0 aliphatic rings. The molecule has 0 saturated carbocycles. The summed E-state index contributed by atoms with van der Waals surface area (Å²) in [6.45, 7) is 2.54. The van der Waals surface area contributed by atoms with Crippen molar-refractivity contribution in [3.05, 3.63) is 48.2 Å². The molecule has 0 radical (unpaired) electrons. The number of aliphatic hydroxyl groups is 1. The Labute approximate surface area is 91.2 Å². The largest absolute Gasteiger partial charge is 0.497 e. The van der Waals surface area contributed by atoms with Gasteiger partial charge < -0.3 is 9.84 Å². The fraction of sp³-hybridized carbons (Fsp3) is 0.385. The van der Waals surface area contributed by atoms with Crippen LogP contribution in [0, 0.1) is 0 Å². The first-order valence-corrected chi connectivity index (χ1v) is 5.31. The SMILES string of the molecule is CC[C@H](O)CC=COCc1ccccc1. The number of ether oxygens (including phenoxy) is 1. The molecule has 1 N–H and O–H groups in total. The Morgan fingerprint density at radius 3 is 2.73 bits per heavy atom. The van der Waals surface area contributed by atoms with E-state index in [4.69, 9.17) is 4.74 Å². The lowest BCUT2D eigenvalue weighted by atomic mass is 10.2. The Bertz CT molecular complexity index is 280. The summed E-state index contributed by atoms with van der Waals surface area (Å²) in [5.74, 6) is 0. The predicted molar refractivity (Wildman–Crippen MR) is 61.3 cm³/mol. The molecular weight excluding hydrogens is 188 g/mol. The van der Waals surface area contributed by atoms with E-state index < -0.39 is 0 Å². The first kappa shape index (κ1) is 11.8. The van der Waals surface area contributed by atoms with E-state index in [2.05, 4.69) is 0 Å². The third-order valence-corrected chi connectivity index (χ3v) is 2.16. The van der Waals surface area contributed by atoms with E-state index in [1.165, 1.54) is 0 Å². The molecule has 15 heavy (non-hydrogen) atoms. The van der Waals surface area contributed by atoms with E-state index in [1.54, 1.807) is 6.26 Å². The molecule has 0 fully saturated rings. The van der Waals surface area contributed by atoms with Gasteiger partial charge in [0.2, 0.25) is 0 Å². The van der Waals surface area contributed by atoms with Crippen LogP contribution in [0.2, 0.25) is 0 Å². The second-order valence-corrected chi connectivity index (χ2v) is 3.47. The summed E-state index contributed by atoms with van der Waals surface area (Å²) in [4.78, 5) is 0. The summed E-state index contributed by atoms with van der Waals surface area (Å²) in [7, 11) is 0. The molecule has 82 valence electrons. The van der Waals surface area contributed by atoms with Gasteiger partial charge in [-0.15, -0.1) is 0 Å². The van der Waals surface area contributed by atoms with Crippen molar-refractivity contribution in [3.63, 3.8) is 0 Å². The number of aliphatic hydroxyl groups excluding tert-OH is 1. The van der Waals surface area contributed by atoms with Crippen LogP contribution < -0.4 is 0 Å². The van der Waals surface area contributed by atoms with Crippen LogP contribution >= 0.6 is 0 Å². The normalized spacial score (nSPS) is 12.9. The minimum atomic E-state index is -0.249. The quantitative estimate of drug-likeness (QED) is 0.725. The first-order chi connectivity index (χ1) is 7.33. The second kappa shape index (κ2) is 7.07. The number of rotatable bonds is 6. The lowest BCUT2D eigenvalue weighted by molar-refractivity contribution is 0.171. The highest BCUT2D eigenvalue weighted by atomic mass is 16.5. The van der Waals surface area contributed by atoms with Gasteiger partial charge in [0.1, 0.15) is 6.61 Å². The Morgan fingerprint density at radius 1 is 1.33 bits per heavy atom. The van der Waals surface area contributed by atoms with Crippen LogP contribution in [0.25, 0.3) is 0 Å². The molecule has 0 heterocycles. The molecule has 1 rings (SSSR count). The fourth-order valence-electron chi connectivity index (χ4n) is 1.17. The van der Waals surface area contributed by atoms with Gasteiger partial charge in [-0.25, -0.2) is 0 Å². The van der Waals surface area contributed by atoms with Gasteiger partial charge in [0, 0.05) is 0 Å². The first-order valence-electron chi connectivity index (χ1n) is 5.31. The molecule has 0 unspecified atom stereocenters. The maximum absolute atomic E-state index is 9.27. The number of hydrogen-bond acceptors (Lipinski definition) is 2. The zero-order valence-electron chi connectivity index (χ0n) is 9.10. The Balaban J connectivity index is 2.16. The molecular formula is C13H18O2. The van der Waals surface area contributed by atoms with E-state index in [1.807, 2.05) is 43.3 Å². The van der Waals surface area contributed by atoms with Crippen molar-refractivity contribution >= 4 is 0 Å². The van der Waals surface area contributed by atoms with E-state index in [9.17, 15) is 5.11 Å². The Hall–Kier alpha value is -1.28. The molecule has 1 atom stereocenters. The molecule has 2 nitrogen and oxygen atoms in total. The van der Waals surface area contributed by atoms with E-state index in [0.717, 1.165) is 12.0 Å². The zero-order valence-corrected chi connectivity index (χ0v) is 9.10. The Morgan fingerprint density at radius 2 is 2.07 bits per heavy atom. The maximum atomic E-state index is 9.27. The van der Waals surface area contributed by atoms with Gasteiger partial charge >= 0.3 is 0 Å². The van der Waals surface area contributed by atoms with Crippen LogP contribution in [0.1, 0.15) is 25.3 Å². The Kier molecular flexibility index (Phi) is 5.56. The van der Waals surface area contributed by atoms with Crippen LogP contribution in [0.3, 0.4) is 0 Å². The lowest BCUT2D eigenvalue weighted by Gasteiger charge is -2.03. The van der Waals surface area contributed by atoms with Crippen LogP contribution in [0.4, 0.5) is 0 Å². The molecule has 1 aromatic rings. The molecule has 0 saturated heterocycles. The molecule has 1 aromatic carbocycles. The van der Waals surface area contributed by atoms with Crippen molar-refractivity contribution in [2.45, 2.75) is 32.5 Å². The number of hydrogen-bond donors (Lipinski definition) is 1. The van der Waals surface area contributed by atoms with Crippen molar-refractivity contribution in [1.29, 1.82) is 0 Å². The fourth-order valence-corrected chi connectivity index (χ4v) is 1.17. The molecule has 2 heteroatoms. The average molecular weight is 206 g/mol. The number of benzene rings is 1. The van der Waals surface area contributed by atoms with Crippen molar-refractivity contribution in [3.8, 4) is 0 Å². The van der Waals surface area contributed by atoms with Gasteiger partial charge in [0.05, 0.1) is 12.4 Å². The zero-order chi connectivity index (χ0) is 10.9. The predicted octanol–water partition coefficient (Wildman–Crippen LogP) is 2.88. The van der Waals surface area contributed by atoms with Crippen LogP contribution in [0.5, 0.6) is 0 Å². The van der Waals surface area contributed by atoms with Crippen molar-refractivity contribution in [2.75, 3.05) is 0 Å². The van der Waals surface area contributed by atoms with E-state index in [-0.39, 0.29) is 6.10 Å².